The molecule has 6 nitrogen and oxygen atoms in total. The predicted octanol–water partition coefficient (Wildman–Crippen LogP) is 13.8. The summed E-state index contributed by atoms with van der Waals surface area (Å²) in [6, 6.07) is 0. The number of carbonyl (C=O) groups is 3. The highest BCUT2D eigenvalue weighted by atomic mass is 16.6. The van der Waals surface area contributed by atoms with E-state index in [9.17, 15) is 14.4 Å². The van der Waals surface area contributed by atoms with Crippen LogP contribution in [0.15, 0.2) is 36.5 Å². The Kier molecular flexibility index (Phi) is 39.5. The summed E-state index contributed by atoms with van der Waals surface area (Å²) in [6.07, 6.45) is 45.7. The molecule has 52 heavy (non-hydrogen) atoms. The Morgan fingerprint density at radius 3 is 1.17 bits per heavy atom. The number of hydrogen-bond acceptors (Lipinski definition) is 6. The highest BCUT2D eigenvalue weighted by molar-refractivity contribution is 5.71. The van der Waals surface area contributed by atoms with Crippen LogP contribution in [0.3, 0.4) is 0 Å². The minimum Gasteiger partial charge on any atom is -0.462 e. The fourth-order valence-corrected chi connectivity index (χ4v) is 6.10. The van der Waals surface area contributed by atoms with Crippen LogP contribution < -0.4 is 0 Å². The topological polar surface area (TPSA) is 78.9 Å². The second kappa shape index (κ2) is 41.4. The Hall–Kier alpha value is -2.37. The van der Waals surface area contributed by atoms with Gasteiger partial charge in [0.1, 0.15) is 13.2 Å². The van der Waals surface area contributed by atoms with Crippen LogP contribution in [0.2, 0.25) is 0 Å². The maximum atomic E-state index is 12.7. The predicted molar refractivity (Wildman–Crippen MR) is 219 cm³/mol. The average molecular weight is 731 g/mol. The van der Waals surface area contributed by atoms with Crippen LogP contribution in [0.5, 0.6) is 0 Å². The lowest BCUT2D eigenvalue weighted by Crippen LogP contribution is -2.30. The van der Waals surface area contributed by atoms with Crippen LogP contribution in [0.25, 0.3) is 0 Å². The molecular weight excluding hydrogens is 648 g/mol. The van der Waals surface area contributed by atoms with Crippen LogP contribution >= 0.6 is 0 Å². The van der Waals surface area contributed by atoms with Gasteiger partial charge in [-0.1, -0.05) is 186 Å². The summed E-state index contributed by atoms with van der Waals surface area (Å²) in [7, 11) is 0. The van der Waals surface area contributed by atoms with Crippen molar-refractivity contribution >= 4 is 17.9 Å². The third-order valence-electron chi connectivity index (χ3n) is 9.41. The monoisotopic (exact) mass is 731 g/mol. The van der Waals surface area contributed by atoms with E-state index in [1.165, 1.54) is 83.5 Å². The third kappa shape index (κ3) is 38.9. The zero-order valence-corrected chi connectivity index (χ0v) is 34.3. The van der Waals surface area contributed by atoms with Gasteiger partial charge in [-0.2, -0.15) is 0 Å². The van der Waals surface area contributed by atoms with Crippen LogP contribution in [0.4, 0.5) is 0 Å². The minimum atomic E-state index is -0.770. The van der Waals surface area contributed by atoms with Crippen molar-refractivity contribution in [3.05, 3.63) is 36.5 Å². The van der Waals surface area contributed by atoms with Crippen LogP contribution in [-0.4, -0.2) is 37.2 Å². The molecule has 0 aliphatic heterocycles. The zero-order chi connectivity index (χ0) is 38.0. The highest BCUT2D eigenvalue weighted by Crippen LogP contribution is 2.14. The van der Waals surface area contributed by atoms with Crippen molar-refractivity contribution in [2.24, 2.45) is 0 Å². The summed E-state index contributed by atoms with van der Waals surface area (Å²) >= 11 is 0. The van der Waals surface area contributed by atoms with Gasteiger partial charge < -0.3 is 14.2 Å². The fraction of sp³-hybridized carbons (Fsp3) is 0.804. The van der Waals surface area contributed by atoms with Crippen molar-refractivity contribution in [1.29, 1.82) is 0 Å². The van der Waals surface area contributed by atoms with E-state index in [-0.39, 0.29) is 31.1 Å². The maximum absolute atomic E-state index is 12.7. The lowest BCUT2D eigenvalue weighted by Gasteiger charge is -2.18. The maximum Gasteiger partial charge on any atom is 0.306 e. The third-order valence-corrected chi connectivity index (χ3v) is 9.41. The molecule has 0 fully saturated rings. The molecule has 0 aromatic rings. The molecule has 0 N–H and O–H groups in total. The molecule has 0 aromatic heterocycles. The molecule has 0 saturated heterocycles. The van der Waals surface area contributed by atoms with E-state index in [1.54, 1.807) is 0 Å². The quantitative estimate of drug-likeness (QED) is 0.0271. The Labute approximate surface area is 321 Å². The molecule has 0 rings (SSSR count). The average Bonchev–Trinajstić information content (AvgIpc) is 3.14. The van der Waals surface area contributed by atoms with Gasteiger partial charge in [-0.25, -0.2) is 0 Å². The number of allylic oxidation sites excluding steroid dienone is 6. The lowest BCUT2D eigenvalue weighted by molar-refractivity contribution is -0.167. The van der Waals surface area contributed by atoms with E-state index in [0.717, 1.165) is 96.3 Å². The summed E-state index contributed by atoms with van der Waals surface area (Å²) in [4.78, 5) is 37.5. The minimum absolute atomic E-state index is 0.0761. The molecule has 0 bridgehead atoms. The summed E-state index contributed by atoms with van der Waals surface area (Å²) in [5, 5.41) is 0. The standard InChI is InChI=1S/C46H82O6/c1-4-7-10-13-16-18-20-22-23-25-26-28-30-33-36-39-45(48)51-42-43(41-50-44(47)38-35-32-15-12-9-6-3)52-46(49)40-37-34-31-29-27-24-21-19-17-14-11-8-5-2/h7,10,16,18,22-23,43H,4-6,8-9,11-15,17,19-21,24-42H2,1-3H3/b10-7-,18-16-,23-22-. The molecular formula is C46H82O6. The van der Waals surface area contributed by atoms with E-state index in [4.69, 9.17) is 14.2 Å². The number of unbranched alkanes of at least 4 members (excludes halogenated alkanes) is 22. The largest absolute Gasteiger partial charge is 0.462 e. The Balaban J connectivity index is 4.29. The number of hydrogen-bond donors (Lipinski definition) is 0. The summed E-state index contributed by atoms with van der Waals surface area (Å²) < 4.78 is 16.6. The summed E-state index contributed by atoms with van der Waals surface area (Å²) in [5.74, 6) is -0.901. The molecule has 0 radical (unpaired) electrons. The molecule has 6 heteroatoms. The van der Waals surface area contributed by atoms with E-state index < -0.39 is 6.10 Å². The van der Waals surface area contributed by atoms with Gasteiger partial charge in [-0.15, -0.1) is 0 Å². The zero-order valence-electron chi connectivity index (χ0n) is 34.3. The van der Waals surface area contributed by atoms with Crippen molar-refractivity contribution in [3.63, 3.8) is 0 Å². The smallest absolute Gasteiger partial charge is 0.306 e. The molecule has 0 heterocycles. The number of carbonyl (C=O) groups excluding carboxylic acids is 3. The normalized spacial score (nSPS) is 12.3. The van der Waals surface area contributed by atoms with E-state index >= 15 is 0 Å². The molecule has 0 aliphatic carbocycles. The van der Waals surface area contributed by atoms with Crippen LogP contribution in [0, 0.1) is 0 Å². The van der Waals surface area contributed by atoms with Crippen molar-refractivity contribution in [3.8, 4) is 0 Å². The molecule has 0 aliphatic rings. The Bertz CT molecular complexity index is 891. The molecule has 0 aromatic carbocycles. The Morgan fingerprint density at radius 1 is 0.404 bits per heavy atom. The van der Waals surface area contributed by atoms with Gasteiger partial charge in [0.25, 0.3) is 0 Å². The first-order chi connectivity index (χ1) is 25.5. The lowest BCUT2D eigenvalue weighted by atomic mass is 10.0. The number of ether oxygens (including phenoxy) is 3. The summed E-state index contributed by atoms with van der Waals surface area (Å²) in [6.45, 7) is 6.44. The van der Waals surface area contributed by atoms with Crippen molar-refractivity contribution < 1.29 is 28.6 Å². The molecule has 1 atom stereocenters. The van der Waals surface area contributed by atoms with Gasteiger partial charge in [0.05, 0.1) is 0 Å². The van der Waals surface area contributed by atoms with Crippen molar-refractivity contribution in [2.75, 3.05) is 13.2 Å². The molecule has 0 spiro atoms. The Morgan fingerprint density at radius 2 is 0.750 bits per heavy atom. The van der Waals surface area contributed by atoms with Gasteiger partial charge in [0, 0.05) is 19.3 Å². The van der Waals surface area contributed by atoms with Crippen LogP contribution in [-0.2, 0) is 28.6 Å². The van der Waals surface area contributed by atoms with Crippen molar-refractivity contribution in [1.82, 2.24) is 0 Å². The van der Waals surface area contributed by atoms with Gasteiger partial charge in [-0.3, -0.25) is 14.4 Å². The molecule has 0 saturated carbocycles. The molecule has 0 amide bonds. The highest BCUT2D eigenvalue weighted by Gasteiger charge is 2.19. The first-order valence-electron chi connectivity index (χ1n) is 22.0. The number of rotatable bonds is 39. The second-order valence-electron chi connectivity index (χ2n) is 14.6. The van der Waals surface area contributed by atoms with Crippen molar-refractivity contribution in [2.45, 2.75) is 226 Å². The van der Waals surface area contributed by atoms with E-state index in [1.807, 2.05) is 0 Å². The van der Waals surface area contributed by atoms with Gasteiger partial charge >= 0.3 is 17.9 Å². The summed E-state index contributed by atoms with van der Waals surface area (Å²) in [5.41, 5.74) is 0. The fourth-order valence-electron chi connectivity index (χ4n) is 6.10. The first-order valence-corrected chi connectivity index (χ1v) is 22.0. The number of esters is 3. The van der Waals surface area contributed by atoms with E-state index in [0.29, 0.717) is 19.3 Å². The first kappa shape index (κ1) is 49.6. The van der Waals surface area contributed by atoms with Gasteiger partial charge in [-0.05, 0) is 51.4 Å². The molecule has 302 valence electrons. The van der Waals surface area contributed by atoms with Gasteiger partial charge in [0.2, 0.25) is 0 Å². The molecule has 1 unspecified atom stereocenters. The van der Waals surface area contributed by atoms with Crippen LogP contribution in [0.1, 0.15) is 220 Å². The van der Waals surface area contributed by atoms with E-state index in [2.05, 4.69) is 57.2 Å². The second-order valence-corrected chi connectivity index (χ2v) is 14.6. The SMILES string of the molecule is CC/C=C\C/C=C\C/C=C\CCCCCCCC(=O)OCC(COC(=O)CCCCCCCC)OC(=O)CCCCCCCCCCCCCCC. The van der Waals surface area contributed by atoms with Gasteiger partial charge in [0.15, 0.2) is 6.10 Å².